The summed E-state index contributed by atoms with van der Waals surface area (Å²) in [5.74, 6) is 1.37. The Labute approximate surface area is 192 Å². The highest BCUT2D eigenvalue weighted by Gasteiger charge is 2.27. The van der Waals surface area contributed by atoms with Gasteiger partial charge < -0.3 is 14.4 Å². The second kappa shape index (κ2) is 8.24. The van der Waals surface area contributed by atoms with Gasteiger partial charge in [-0.2, -0.15) is 5.10 Å². The second-order valence-corrected chi connectivity index (χ2v) is 8.28. The monoisotopic (exact) mass is 442 g/mol. The number of benzene rings is 2. The molecule has 33 heavy (non-hydrogen) atoms. The zero-order valence-electron chi connectivity index (χ0n) is 19.3. The minimum absolute atomic E-state index is 0.0175. The van der Waals surface area contributed by atoms with Gasteiger partial charge in [-0.25, -0.2) is 4.98 Å². The van der Waals surface area contributed by atoms with Crippen molar-refractivity contribution in [3.8, 4) is 22.8 Å². The number of fused-ring (bicyclic) bond motifs is 2. The summed E-state index contributed by atoms with van der Waals surface area (Å²) >= 11 is 0. The van der Waals surface area contributed by atoms with Gasteiger partial charge in [0.1, 0.15) is 0 Å². The lowest BCUT2D eigenvalue weighted by molar-refractivity contribution is 0.0736. The van der Waals surface area contributed by atoms with Gasteiger partial charge in [-0.3, -0.25) is 9.48 Å². The molecule has 0 radical (unpaired) electrons. The Hall–Kier alpha value is -3.87. The summed E-state index contributed by atoms with van der Waals surface area (Å²) in [6.07, 6.45) is 0.757. The maximum absolute atomic E-state index is 13.9. The van der Waals surface area contributed by atoms with E-state index < -0.39 is 0 Å². The van der Waals surface area contributed by atoms with Crippen LogP contribution in [0.2, 0.25) is 0 Å². The quantitative estimate of drug-likeness (QED) is 0.475. The Morgan fingerprint density at radius 3 is 2.39 bits per heavy atom. The van der Waals surface area contributed by atoms with Crippen LogP contribution in [0.1, 0.15) is 27.2 Å². The number of ether oxygens (including phenoxy) is 2. The van der Waals surface area contributed by atoms with Crippen LogP contribution in [0.15, 0.2) is 48.5 Å². The first-order valence-electron chi connectivity index (χ1n) is 10.9. The van der Waals surface area contributed by atoms with E-state index in [0.29, 0.717) is 35.8 Å². The predicted molar refractivity (Wildman–Crippen MR) is 127 cm³/mol. The summed E-state index contributed by atoms with van der Waals surface area (Å²) in [6, 6.07) is 15.8. The molecule has 1 aliphatic heterocycles. The molecule has 0 bridgehead atoms. The Morgan fingerprint density at radius 1 is 1.00 bits per heavy atom. The Balaban J connectivity index is 1.58. The molecule has 0 spiro atoms. The van der Waals surface area contributed by atoms with Gasteiger partial charge >= 0.3 is 0 Å². The molecular formula is C26H26N4O3. The molecule has 0 aliphatic carbocycles. The van der Waals surface area contributed by atoms with Crippen molar-refractivity contribution in [2.24, 2.45) is 7.05 Å². The molecule has 7 heteroatoms. The number of nitrogens with zero attached hydrogens (tertiary/aromatic N) is 4. The van der Waals surface area contributed by atoms with Crippen LogP contribution in [-0.2, 0) is 20.0 Å². The van der Waals surface area contributed by atoms with Crippen molar-refractivity contribution in [3.05, 3.63) is 70.9 Å². The molecule has 2 aromatic heterocycles. The van der Waals surface area contributed by atoms with Crippen LogP contribution in [0.4, 0.5) is 0 Å². The number of hydrogen-bond acceptors (Lipinski definition) is 5. The fourth-order valence-electron chi connectivity index (χ4n) is 4.60. The third-order valence-corrected chi connectivity index (χ3v) is 6.27. The normalized spacial score (nSPS) is 13.2. The fourth-order valence-corrected chi connectivity index (χ4v) is 4.60. The summed E-state index contributed by atoms with van der Waals surface area (Å²) in [6.45, 7) is 3.06. The van der Waals surface area contributed by atoms with E-state index in [1.165, 1.54) is 5.56 Å². The topological polar surface area (TPSA) is 69.5 Å². The third kappa shape index (κ3) is 3.59. The van der Waals surface area contributed by atoms with Gasteiger partial charge in [-0.1, -0.05) is 30.3 Å². The van der Waals surface area contributed by atoms with Crippen molar-refractivity contribution in [1.82, 2.24) is 19.7 Å². The zero-order chi connectivity index (χ0) is 23.1. The number of aromatic nitrogens is 3. The number of carbonyl (C=O) groups is 1. The molecule has 1 aliphatic rings. The van der Waals surface area contributed by atoms with E-state index in [4.69, 9.17) is 14.5 Å². The third-order valence-electron chi connectivity index (χ3n) is 6.27. The van der Waals surface area contributed by atoms with Crippen molar-refractivity contribution in [2.75, 3.05) is 20.8 Å². The van der Waals surface area contributed by atoms with Crippen LogP contribution in [0.5, 0.6) is 11.5 Å². The number of aryl methyl sites for hydroxylation is 2. The number of rotatable bonds is 4. The van der Waals surface area contributed by atoms with E-state index in [1.54, 1.807) is 18.9 Å². The van der Waals surface area contributed by atoms with E-state index in [9.17, 15) is 4.79 Å². The molecule has 7 nitrogen and oxygen atoms in total. The van der Waals surface area contributed by atoms with E-state index in [1.807, 2.05) is 67.4 Å². The molecule has 4 aromatic rings. The first-order valence-corrected chi connectivity index (χ1v) is 10.9. The van der Waals surface area contributed by atoms with Gasteiger partial charge in [-0.15, -0.1) is 0 Å². The van der Waals surface area contributed by atoms with Gasteiger partial charge in [0.2, 0.25) is 0 Å². The SMILES string of the molecule is COc1cc2c(cc1OC)CN(C(=O)c1cc(-c3ccccc3)nc3c1c(C)nn3C)CC2. The fraction of sp³-hybridized carbons (Fsp3) is 0.269. The van der Waals surface area contributed by atoms with Gasteiger partial charge in [0.05, 0.1) is 36.6 Å². The molecular weight excluding hydrogens is 416 g/mol. The maximum atomic E-state index is 13.9. The zero-order valence-corrected chi connectivity index (χ0v) is 19.3. The Kier molecular flexibility index (Phi) is 5.24. The smallest absolute Gasteiger partial charge is 0.255 e. The van der Waals surface area contributed by atoms with Crippen molar-refractivity contribution < 1.29 is 14.3 Å². The van der Waals surface area contributed by atoms with Crippen molar-refractivity contribution >= 4 is 16.9 Å². The van der Waals surface area contributed by atoms with Gasteiger partial charge in [-0.05, 0) is 42.7 Å². The van der Waals surface area contributed by atoms with E-state index in [-0.39, 0.29) is 5.91 Å². The lowest BCUT2D eigenvalue weighted by Gasteiger charge is -2.30. The molecule has 168 valence electrons. The van der Waals surface area contributed by atoms with E-state index in [0.717, 1.165) is 34.3 Å². The number of methoxy groups -OCH3 is 2. The molecule has 0 saturated carbocycles. The molecule has 2 aromatic carbocycles. The van der Waals surface area contributed by atoms with Crippen LogP contribution >= 0.6 is 0 Å². The number of amides is 1. The molecule has 0 unspecified atom stereocenters. The van der Waals surface area contributed by atoms with Crippen LogP contribution < -0.4 is 9.47 Å². The van der Waals surface area contributed by atoms with Gasteiger partial charge in [0, 0.05) is 25.7 Å². The molecule has 0 saturated heterocycles. The minimum Gasteiger partial charge on any atom is -0.493 e. The lowest BCUT2D eigenvalue weighted by atomic mass is 9.97. The largest absolute Gasteiger partial charge is 0.493 e. The summed E-state index contributed by atoms with van der Waals surface area (Å²) in [5, 5.41) is 5.35. The molecule has 0 fully saturated rings. The molecule has 5 rings (SSSR count). The maximum Gasteiger partial charge on any atom is 0.255 e. The standard InChI is InChI=1S/C26H26N4O3/c1-16-24-20(14-21(17-8-6-5-7-9-17)27-25(24)29(2)28-16)26(31)30-11-10-18-12-22(32-3)23(33-4)13-19(18)15-30/h5-9,12-14H,10-11,15H2,1-4H3. The van der Waals surface area contributed by atoms with Crippen LogP contribution in [-0.4, -0.2) is 46.3 Å². The van der Waals surface area contributed by atoms with Crippen LogP contribution in [0, 0.1) is 6.92 Å². The van der Waals surface area contributed by atoms with Crippen LogP contribution in [0.25, 0.3) is 22.3 Å². The summed E-state index contributed by atoms with van der Waals surface area (Å²) in [4.78, 5) is 20.6. The molecule has 3 heterocycles. The van der Waals surface area contributed by atoms with Crippen molar-refractivity contribution in [1.29, 1.82) is 0 Å². The van der Waals surface area contributed by atoms with Gasteiger partial charge in [0.15, 0.2) is 17.1 Å². The molecule has 0 N–H and O–H groups in total. The predicted octanol–water partition coefficient (Wildman–Crippen LogP) is 4.16. The second-order valence-electron chi connectivity index (χ2n) is 8.28. The highest BCUT2D eigenvalue weighted by Crippen LogP contribution is 2.34. The van der Waals surface area contributed by atoms with Crippen LogP contribution in [0.3, 0.4) is 0 Å². The highest BCUT2D eigenvalue weighted by molar-refractivity contribution is 6.07. The highest BCUT2D eigenvalue weighted by atomic mass is 16.5. The Morgan fingerprint density at radius 2 is 1.70 bits per heavy atom. The minimum atomic E-state index is -0.0175. The lowest BCUT2D eigenvalue weighted by Crippen LogP contribution is -2.36. The number of pyridine rings is 1. The van der Waals surface area contributed by atoms with Gasteiger partial charge in [0.25, 0.3) is 5.91 Å². The summed E-state index contributed by atoms with van der Waals surface area (Å²) < 4.78 is 12.7. The first-order chi connectivity index (χ1) is 16.0. The summed E-state index contributed by atoms with van der Waals surface area (Å²) in [5.41, 5.74) is 6.12. The average Bonchev–Trinajstić information content (AvgIpc) is 3.15. The van der Waals surface area contributed by atoms with E-state index in [2.05, 4.69) is 5.10 Å². The molecule has 0 atom stereocenters. The van der Waals surface area contributed by atoms with Crippen molar-refractivity contribution in [3.63, 3.8) is 0 Å². The molecule has 1 amide bonds. The summed E-state index contributed by atoms with van der Waals surface area (Å²) in [7, 11) is 5.13. The number of carbonyl (C=O) groups excluding carboxylic acids is 1. The van der Waals surface area contributed by atoms with Crippen molar-refractivity contribution in [2.45, 2.75) is 19.9 Å². The average molecular weight is 443 g/mol. The number of hydrogen-bond donors (Lipinski definition) is 0. The first kappa shape index (κ1) is 21.0. The van der Waals surface area contributed by atoms with E-state index >= 15 is 0 Å². The Bertz CT molecular complexity index is 1360.